The summed E-state index contributed by atoms with van der Waals surface area (Å²) in [6.07, 6.45) is 8.80. The molecule has 44 heavy (non-hydrogen) atoms. The summed E-state index contributed by atoms with van der Waals surface area (Å²) >= 11 is 0. The fourth-order valence-corrected chi connectivity index (χ4v) is 6.54. The van der Waals surface area contributed by atoms with E-state index in [1.807, 2.05) is 0 Å². The van der Waals surface area contributed by atoms with Gasteiger partial charge in [-0.3, -0.25) is 0 Å². The van der Waals surface area contributed by atoms with Crippen molar-refractivity contribution in [2.24, 2.45) is 14.1 Å². The molecule has 0 fully saturated rings. The molecule has 8 rings (SSSR count). The lowest BCUT2D eigenvalue weighted by atomic mass is 10.0. The van der Waals surface area contributed by atoms with Crippen LogP contribution in [0.1, 0.15) is 22.3 Å². The van der Waals surface area contributed by atoms with Crippen LogP contribution in [0.5, 0.6) is 0 Å². The highest BCUT2D eigenvalue weighted by molar-refractivity contribution is 6.09. The van der Waals surface area contributed by atoms with Gasteiger partial charge in [-0.15, -0.1) is 0 Å². The average molecular weight is 565 g/mol. The first kappa shape index (κ1) is 26.1. The molecule has 2 nitrogen and oxygen atoms in total. The van der Waals surface area contributed by atoms with Crippen molar-refractivity contribution < 1.29 is 0 Å². The number of benzene rings is 6. The quantitative estimate of drug-likeness (QED) is 0.184. The van der Waals surface area contributed by atoms with E-state index in [0.29, 0.717) is 0 Å². The van der Waals surface area contributed by atoms with Crippen molar-refractivity contribution >= 4 is 67.9 Å². The van der Waals surface area contributed by atoms with E-state index in [-0.39, 0.29) is 0 Å². The van der Waals surface area contributed by atoms with E-state index < -0.39 is 0 Å². The molecule has 0 amide bonds. The molecule has 0 spiro atoms. The van der Waals surface area contributed by atoms with Gasteiger partial charge in [0.2, 0.25) is 0 Å². The molecular weight excluding hydrogens is 532 g/mol. The number of aromatic nitrogens is 2. The normalized spacial score (nSPS) is 12.1. The summed E-state index contributed by atoms with van der Waals surface area (Å²) in [5.74, 6) is 0. The van der Waals surface area contributed by atoms with Crippen LogP contribution in [-0.4, -0.2) is 9.13 Å². The monoisotopic (exact) mass is 564 g/mol. The maximum absolute atomic E-state index is 2.29. The van der Waals surface area contributed by atoms with Crippen LogP contribution in [0.25, 0.3) is 79.0 Å². The Kier molecular flexibility index (Phi) is 6.27. The molecule has 0 atom stereocenters. The molecular formula is C42H32N2. The largest absolute Gasteiger partial charge is 0.344 e. The van der Waals surface area contributed by atoms with Crippen LogP contribution >= 0.6 is 0 Å². The SMILES string of the molecule is Cn1c2ccccc2c2cc(/C=C/c3ccc(-c4ccc(/C=C/c5ccc6c(c5)c5ccccc5n6C)cc4)cc3)ccc21. The molecule has 0 aliphatic rings. The van der Waals surface area contributed by atoms with E-state index in [1.165, 1.54) is 77.0 Å². The van der Waals surface area contributed by atoms with E-state index in [1.54, 1.807) is 0 Å². The van der Waals surface area contributed by atoms with Gasteiger partial charge >= 0.3 is 0 Å². The number of hydrogen-bond acceptors (Lipinski definition) is 0. The lowest BCUT2D eigenvalue weighted by molar-refractivity contribution is 1.01. The fraction of sp³-hybridized carbons (Fsp3) is 0.0476. The number of para-hydroxylation sites is 2. The van der Waals surface area contributed by atoms with Gasteiger partial charge < -0.3 is 9.13 Å². The van der Waals surface area contributed by atoms with Crippen LogP contribution in [-0.2, 0) is 14.1 Å². The Morgan fingerprint density at radius 2 is 0.682 bits per heavy atom. The van der Waals surface area contributed by atoms with E-state index in [0.717, 1.165) is 0 Å². The molecule has 6 aromatic carbocycles. The first-order chi connectivity index (χ1) is 21.6. The second kappa shape index (κ2) is 10.6. The average Bonchev–Trinajstić information content (AvgIpc) is 3.53. The maximum Gasteiger partial charge on any atom is 0.0489 e. The highest BCUT2D eigenvalue weighted by Gasteiger charge is 2.08. The summed E-state index contributed by atoms with van der Waals surface area (Å²) in [4.78, 5) is 0. The zero-order valence-corrected chi connectivity index (χ0v) is 24.9. The molecule has 8 aromatic rings. The predicted octanol–water partition coefficient (Wildman–Crippen LogP) is 11.0. The molecule has 0 N–H and O–H groups in total. The van der Waals surface area contributed by atoms with Crippen molar-refractivity contribution in [2.75, 3.05) is 0 Å². The smallest absolute Gasteiger partial charge is 0.0489 e. The standard InChI is InChI=1S/C42H32N2/c1-43-39-9-5-3-7-35(39)37-27-31(19-25-41(37)43)13-11-29-15-21-33(22-16-29)34-23-17-30(18-24-34)12-14-32-20-26-42-38(28-32)36-8-4-6-10-40(36)44(42)2/h3-28H,1-2H3/b13-11+,14-12+. The van der Waals surface area contributed by atoms with Crippen molar-refractivity contribution in [1.82, 2.24) is 9.13 Å². The van der Waals surface area contributed by atoms with Crippen molar-refractivity contribution in [3.63, 3.8) is 0 Å². The Balaban J connectivity index is 0.979. The molecule has 0 aliphatic carbocycles. The van der Waals surface area contributed by atoms with Crippen molar-refractivity contribution in [1.29, 1.82) is 0 Å². The number of hydrogen-bond donors (Lipinski definition) is 0. The first-order valence-electron chi connectivity index (χ1n) is 15.1. The maximum atomic E-state index is 2.29. The summed E-state index contributed by atoms with van der Waals surface area (Å²) in [7, 11) is 4.28. The van der Waals surface area contributed by atoms with Crippen molar-refractivity contribution in [2.45, 2.75) is 0 Å². The Labute approximate surface area is 257 Å². The van der Waals surface area contributed by atoms with Crippen LogP contribution < -0.4 is 0 Å². The lowest BCUT2D eigenvalue weighted by Gasteiger charge is -2.04. The lowest BCUT2D eigenvalue weighted by Crippen LogP contribution is -1.85. The van der Waals surface area contributed by atoms with E-state index in [2.05, 4.69) is 181 Å². The van der Waals surface area contributed by atoms with Crippen molar-refractivity contribution in [3.8, 4) is 11.1 Å². The third-order valence-electron chi connectivity index (χ3n) is 8.97. The van der Waals surface area contributed by atoms with Gasteiger partial charge in [0.05, 0.1) is 0 Å². The molecule has 0 saturated carbocycles. The number of rotatable bonds is 5. The molecule has 0 aliphatic heterocycles. The van der Waals surface area contributed by atoms with Crippen molar-refractivity contribution in [3.05, 3.63) is 156 Å². The molecule has 2 heterocycles. The number of nitrogens with zero attached hydrogens (tertiary/aromatic N) is 2. The van der Waals surface area contributed by atoms with Gasteiger partial charge in [0.25, 0.3) is 0 Å². The third kappa shape index (κ3) is 4.53. The molecule has 2 heteroatoms. The summed E-state index contributed by atoms with van der Waals surface area (Å²) in [6, 6.07) is 48.2. The van der Waals surface area contributed by atoms with E-state index >= 15 is 0 Å². The Morgan fingerprint density at radius 1 is 0.341 bits per heavy atom. The van der Waals surface area contributed by atoms with E-state index in [4.69, 9.17) is 0 Å². The zero-order chi connectivity index (χ0) is 29.6. The summed E-state index contributed by atoms with van der Waals surface area (Å²) in [5, 5.41) is 5.19. The summed E-state index contributed by atoms with van der Waals surface area (Å²) < 4.78 is 4.54. The van der Waals surface area contributed by atoms with Gasteiger partial charge in [-0.1, -0.05) is 121 Å². The van der Waals surface area contributed by atoms with Crippen LogP contribution in [0.3, 0.4) is 0 Å². The van der Waals surface area contributed by atoms with Gasteiger partial charge in [0.1, 0.15) is 0 Å². The Hall–Kier alpha value is -5.60. The Morgan fingerprint density at radius 3 is 1.11 bits per heavy atom. The number of aryl methyl sites for hydroxylation is 2. The minimum atomic E-state index is 1.19. The molecule has 0 radical (unpaired) electrons. The van der Waals surface area contributed by atoms with Gasteiger partial charge in [-0.05, 0) is 69.8 Å². The van der Waals surface area contributed by atoms with Crippen LogP contribution in [0.15, 0.2) is 133 Å². The van der Waals surface area contributed by atoms with Gasteiger partial charge in [-0.2, -0.15) is 0 Å². The predicted molar refractivity (Wildman–Crippen MR) is 191 cm³/mol. The fourth-order valence-electron chi connectivity index (χ4n) is 6.54. The number of fused-ring (bicyclic) bond motifs is 6. The van der Waals surface area contributed by atoms with Gasteiger partial charge in [0.15, 0.2) is 0 Å². The molecule has 0 saturated heterocycles. The third-order valence-corrected chi connectivity index (χ3v) is 8.97. The van der Waals surface area contributed by atoms with Gasteiger partial charge in [-0.25, -0.2) is 0 Å². The minimum absolute atomic E-state index is 1.19. The molecule has 0 bridgehead atoms. The van der Waals surface area contributed by atoms with Crippen LogP contribution in [0, 0.1) is 0 Å². The molecule has 210 valence electrons. The van der Waals surface area contributed by atoms with Crippen LogP contribution in [0.4, 0.5) is 0 Å². The second-order valence-corrected chi connectivity index (χ2v) is 11.6. The van der Waals surface area contributed by atoms with E-state index in [9.17, 15) is 0 Å². The molecule has 0 unspecified atom stereocenters. The second-order valence-electron chi connectivity index (χ2n) is 11.6. The minimum Gasteiger partial charge on any atom is -0.344 e. The van der Waals surface area contributed by atoms with Crippen LogP contribution in [0.2, 0.25) is 0 Å². The first-order valence-corrected chi connectivity index (χ1v) is 15.1. The summed E-state index contributed by atoms with van der Waals surface area (Å²) in [6.45, 7) is 0. The topological polar surface area (TPSA) is 9.86 Å². The highest BCUT2D eigenvalue weighted by atomic mass is 14.9. The Bertz CT molecular complexity index is 2210. The van der Waals surface area contributed by atoms with Gasteiger partial charge in [0, 0.05) is 57.7 Å². The summed E-state index contributed by atoms with van der Waals surface area (Å²) in [5.41, 5.74) is 12.3. The highest BCUT2D eigenvalue weighted by Crippen LogP contribution is 2.31. The molecule has 2 aromatic heterocycles. The zero-order valence-electron chi connectivity index (χ0n) is 24.9.